The highest BCUT2D eigenvalue weighted by atomic mass is 35.5. The highest BCUT2D eigenvalue weighted by Gasteiger charge is 2.32. The van der Waals surface area contributed by atoms with Gasteiger partial charge in [-0.25, -0.2) is 8.42 Å². The van der Waals surface area contributed by atoms with Crippen LogP contribution in [0.4, 0.5) is 11.4 Å². The lowest BCUT2D eigenvalue weighted by Gasteiger charge is -2.32. The zero-order valence-corrected chi connectivity index (χ0v) is 23.9. The van der Waals surface area contributed by atoms with Gasteiger partial charge in [-0.05, 0) is 31.0 Å². The summed E-state index contributed by atoms with van der Waals surface area (Å²) >= 11 is 12.6. The molecule has 0 bridgehead atoms. The molecule has 2 aromatic rings. The summed E-state index contributed by atoms with van der Waals surface area (Å²) < 4.78 is 31.5. The summed E-state index contributed by atoms with van der Waals surface area (Å²) in [4.78, 5) is 38.4. The van der Waals surface area contributed by atoms with Crippen LogP contribution in [0.15, 0.2) is 36.4 Å². The van der Waals surface area contributed by atoms with Crippen molar-refractivity contribution in [2.24, 2.45) is 5.92 Å². The number of carbonyl (C=O) groups is 2. The summed E-state index contributed by atoms with van der Waals surface area (Å²) in [5, 5.41) is 14.6. The number of anilines is 1. The molecule has 208 valence electrons. The normalized spacial score (nSPS) is 12.1. The Balaban J connectivity index is 2.55. The van der Waals surface area contributed by atoms with Gasteiger partial charge in [-0.15, -0.1) is 0 Å². The molecule has 1 N–H and O–H groups in total. The van der Waals surface area contributed by atoms with E-state index in [1.54, 1.807) is 18.2 Å². The molecule has 1 atom stereocenters. The largest absolute Gasteiger partial charge is 0.495 e. The van der Waals surface area contributed by atoms with Crippen molar-refractivity contribution in [3.8, 4) is 5.75 Å². The molecule has 14 heteroatoms. The Morgan fingerprint density at radius 3 is 2.24 bits per heavy atom. The van der Waals surface area contributed by atoms with Crippen molar-refractivity contribution in [1.82, 2.24) is 10.2 Å². The molecule has 2 aromatic carbocycles. The third-order valence-corrected chi connectivity index (χ3v) is 7.40. The van der Waals surface area contributed by atoms with Gasteiger partial charge in [0.25, 0.3) is 5.69 Å². The predicted molar refractivity (Wildman–Crippen MR) is 146 cm³/mol. The monoisotopic (exact) mass is 588 g/mol. The number of nitro groups is 1. The first kappa shape index (κ1) is 31.1. The molecule has 0 aliphatic rings. The Morgan fingerprint density at radius 1 is 1.13 bits per heavy atom. The van der Waals surface area contributed by atoms with Crippen LogP contribution in [0.3, 0.4) is 0 Å². The third kappa shape index (κ3) is 7.95. The highest BCUT2D eigenvalue weighted by molar-refractivity contribution is 7.92. The standard InChI is InChI=1S/C24H30Cl2N4O7S/c1-15(2)12-27-24(32)16(3)28(13-18-19(25)7-6-8-20(18)26)23(31)14-29(38(5,35)36)21-11-17(30(33)34)9-10-22(21)37-4/h6-11,15-16H,12-14H2,1-5H3,(H,27,32). The average Bonchev–Trinajstić information content (AvgIpc) is 2.84. The van der Waals surface area contributed by atoms with Crippen LogP contribution >= 0.6 is 23.2 Å². The number of non-ortho nitro benzene ring substituents is 1. The van der Waals surface area contributed by atoms with E-state index in [0.717, 1.165) is 23.3 Å². The van der Waals surface area contributed by atoms with Gasteiger partial charge in [0.2, 0.25) is 21.8 Å². The van der Waals surface area contributed by atoms with Gasteiger partial charge in [0, 0.05) is 40.8 Å². The number of methoxy groups -OCH3 is 1. The third-order valence-electron chi connectivity index (χ3n) is 5.56. The van der Waals surface area contributed by atoms with Gasteiger partial charge < -0.3 is 15.0 Å². The van der Waals surface area contributed by atoms with E-state index in [9.17, 15) is 28.1 Å². The van der Waals surface area contributed by atoms with Crippen LogP contribution in [0, 0.1) is 16.0 Å². The summed E-state index contributed by atoms with van der Waals surface area (Å²) in [5.74, 6) is -1.09. The molecule has 2 rings (SSSR count). The van der Waals surface area contributed by atoms with E-state index >= 15 is 0 Å². The van der Waals surface area contributed by atoms with Crippen LogP contribution < -0.4 is 14.4 Å². The number of halogens is 2. The molecule has 0 aliphatic carbocycles. The maximum absolute atomic E-state index is 13.7. The molecular formula is C24H30Cl2N4O7S. The lowest BCUT2D eigenvalue weighted by Crippen LogP contribution is -2.51. The first-order valence-electron chi connectivity index (χ1n) is 11.5. The lowest BCUT2D eigenvalue weighted by molar-refractivity contribution is -0.384. The summed E-state index contributed by atoms with van der Waals surface area (Å²) in [6.07, 6.45) is 0.854. The number of carbonyl (C=O) groups excluding carboxylic acids is 2. The van der Waals surface area contributed by atoms with Crippen LogP contribution in [-0.4, -0.2) is 62.6 Å². The fourth-order valence-corrected chi connectivity index (χ4v) is 4.83. The SMILES string of the molecule is COc1ccc([N+](=O)[O-])cc1N(CC(=O)N(Cc1c(Cl)cccc1Cl)C(C)C(=O)NCC(C)C)S(C)(=O)=O. The van der Waals surface area contributed by atoms with Gasteiger partial charge in [0.1, 0.15) is 24.0 Å². The summed E-state index contributed by atoms with van der Waals surface area (Å²) in [6, 6.07) is 7.12. The van der Waals surface area contributed by atoms with E-state index in [1.807, 2.05) is 13.8 Å². The minimum atomic E-state index is -4.15. The summed E-state index contributed by atoms with van der Waals surface area (Å²) in [5.41, 5.74) is -0.236. The van der Waals surface area contributed by atoms with Crippen LogP contribution in [0.25, 0.3) is 0 Å². The summed E-state index contributed by atoms with van der Waals surface area (Å²) in [6.45, 7) is 4.70. The molecule has 1 unspecified atom stereocenters. The second-order valence-electron chi connectivity index (χ2n) is 8.92. The van der Waals surface area contributed by atoms with Crippen LogP contribution in [0.1, 0.15) is 26.3 Å². The average molecular weight is 589 g/mol. The number of hydrogen-bond donors (Lipinski definition) is 1. The van der Waals surface area contributed by atoms with Crippen molar-refractivity contribution in [1.29, 1.82) is 0 Å². The number of nitrogens with one attached hydrogen (secondary N) is 1. The maximum atomic E-state index is 13.7. The predicted octanol–water partition coefficient (Wildman–Crippen LogP) is 3.87. The number of ether oxygens (including phenoxy) is 1. The Bertz CT molecular complexity index is 1280. The van der Waals surface area contributed by atoms with E-state index in [0.29, 0.717) is 16.4 Å². The number of nitro benzene ring substituents is 1. The first-order chi connectivity index (χ1) is 17.7. The van der Waals surface area contributed by atoms with Crippen molar-refractivity contribution in [3.63, 3.8) is 0 Å². The molecule has 0 saturated heterocycles. The Hall–Kier alpha value is -3.09. The zero-order chi connectivity index (χ0) is 28.8. The molecule has 2 amide bonds. The second-order valence-corrected chi connectivity index (χ2v) is 11.6. The molecule has 0 fully saturated rings. The van der Waals surface area contributed by atoms with Gasteiger partial charge >= 0.3 is 0 Å². The lowest BCUT2D eigenvalue weighted by atomic mass is 10.1. The molecule has 0 aliphatic heterocycles. The van der Waals surface area contributed by atoms with Crippen LogP contribution in [0.5, 0.6) is 5.75 Å². The van der Waals surface area contributed by atoms with Crippen molar-refractivity contribution in [2.45, 2.75) is 33.4 Å². The Morgan fingerprint density at radius 2 is 1.74 bits per heavy atom. The minimum Gasteiger partial charge on any atom is -0.495 e. The van der Waals surface area contributed by atoms with Crippen molar-refractivity contribution in [2.75, 3.05) is 30.8 Å². The smallest absolute Gasteiger partial charge is 0.271 e. The van der Waals surface area contributed by atoms with Crippen molar-refractivity contribution >= 4 is 56.4 Å². The summed E-state index contributed by atoms with van der Waals surface area (Å²) in [7, 11) is -2.88. The van der Waals surface area contributed by atoms with E-state index in [-0.39, 0.29) is 33.9 Å². The number of sulfonamides is 1. The van der Waals surface area contributed by atoms with Crippen molar-refractivity contribution < 1.29 is 27.7 Å². The zero-order valence-electron chi connectivity index (χ0n) is 21.6. The Labute approximate surface area is 231 Å². The highest BCUT2D eigenvalue weighted by Crippen LogP contribution is 2.34. The van der Waals surface area contributed by atoms with E-state index < -0.39 is 45.0 Å². The quantitative estimate of drug-likeness (QED) is 0.293. The fourth-order valence-electron chi connectivity index (χ4n) is 3.47. The van der Waals surface area contributed by atoms with Gasteiger partial charge in [-0.1, -0.05) is 43.1 Å². The fraction of sp³-hybridized carbons (Fsp3) is 0.417. The molecular weight excluding hydrogens is 559 g/mol. The van der Waals surface area contributed by atoms with Gasteiger partial charge in [0.05, 0.1) is 18.3 Å². The molecule has 0 aromatic heterocycles. The number of hydrogen-bond acceptors (Lipinski definition) is 7. The molecule has 11 nitrogen and oxygen atoms in total. The topological polar surface area (TPSA) is 139 Å². The minimum absolute atomic E-state index is 0.00255. The van der Waals surface area contributed by atoms with Crippen LogP contribution in [-0.2, 0) is 26.2 Å². The van der Waals surface area contributed by atoms with E-state index in [2.05, 4.69) is 5.32 Å². The van der Waals surface area contributed by atoms with Crippen LogP contribution in [0.2, 0.25) is 10.0 Å². The first-order valence-corrected chi connectivity index (χ1v) is 14.1. The van der Waals surface area contributed by atoms with E-state index in [4.69, 9.17) is 27.9 Å². The number of benzene rings is 2. The number of nitrogens with zero attached hydrogens (tertiary/aromatic N) is 3. The van der Waals surface area contributed by atoms with Gasteiger partial charge in [-0.2, -0.15) is 0 Å². The molecule has 38 heavy (non-hydrogen) atoms. The molecule has 0 radical (unpaired) electrons. The Kier molecular flexibility index (Phi) is 10.7. The van der Waals surface area contributed by atoms with E-state index in [1.165, 1.54) is 20.1 Å². The number of amides is 2. The maximum Gasteiger partial charge on any atom is 0.271 e. The second kappa shape index (κ2) is 13.1. The molecule has 0 heterocycles. The molecule has 0 spiro atoms. The van der Waals surface area contributed by atoms with Crippen molar-refractivity contribution in [3.05, 3.63) is 62.1 Å². The number of rotatable bonds is 12. The van der Waals surface area contributed by atoms with Gasteiger partial charge in [0.15, 0.2) is 0 Å². The van der Waals surface area contributed by atoms with Gasteiger partial charge in [-0.3, -0.25) is 24.0 Å². The molecule has 0 saturated carbocycles.